The van der Waals surface area contributed by atoms with Gasteiger partial charge < -0.3 is 19.9 Å². The summed E-state index contributed by atoms with van der Waals surface area (Å²) < 4.78 is 10.5. The smallest absolute Gasteiger partial charge is 0.337 e. The number of carbonyl (C=O) groups excluding carboxylic acids is 1. The molecular weight excluding hydrogens is 336 g/mol. The largest absolute Gasteiger partial charge is 0.493 e. The summed E-state index contributed by atoms with van der Waals surface area (Å²) in [5.41, 5.74) is 0.294. The molecule has 7 nitrogen and oxygen atoms in total. The van der Waals surface area contributed by atoms with Gasteiger partial charge in [-0.1, -0.05) is 24.3 Å². The van der Waals surface area contributed by atoms with Crippen molar-refractivity contribution in [2.45, 2.75) is 0 Å². The van der Waals surface area contributed by atoms with Gasteiger partial charge >= 0.3 is 5.97 Å². The molecule has 7 heteroatoms. The molecule has 2 rings (SSSR count). The van der Waals surface area contributed by atoms with Gasteiger partial charge in [-0.2, -0.15) is 5.26 Å². The van der Waals surface area contributed by atoms with E-state index in [0.29, 0.717) is 17.1 Å². The summed E-state index contributed by atoms with van der Waals surface area (Å²) in [6.45, 7) is 0. The molecule has 0 aliphatic carbocycles. The maximum Gasteiger partial charge on any atom is 0.337 e. The third-order valence-electron chi connectivity index (χ3n) is 3.50. The number of nitriles is 1. The predicted octanol–water partition coefficient (Wildman–Crippen LogP) is 2.95. The Bertz CT molecular complexity index is 912. The van der Waals surface area contributed by atoms with Crippen LogP contribution in [0.3, 0.4) is 0 Å². The first kappa shape index (κ1) is 18.5. The number of rotatable bonds is 6. The first-order chi connectivity index (χ1) is 12.5. The summed E-state index contributed by atoms with van der Waals surface area (Å²) in [5, 5.41) is 21.0. The molecule has 26 heavy (non-hydrogen) atoms. The van der Waals surface area contributed by atoms with Crippen LogP contribution in [0.1, 0.15) is 15.9 Å². The van der Waals surface area contributed by atoms with Crippen LogP contribution < -0.4 is 14.8 Å². The summed E-state index contributed by atoms with van der Waals surface area (Å²) >= 11 is 0. The number of hydrogen-bond donors (Lipinski definition) is 2. The van der Waals surface area contributed by atoms with Gasteiger partial charge in [0.1, 0.15) is 11.6 Å². The van der Waals surface area contributed by atoms with Gasteiger partial charge in [0.25, 0.3) is 5.91 Å². The van der Waals surface area contributed by atoms with Crippen molar-refractivity contribution >= 4 is 23.6 Å². The lowest BCUT2D eigenvalue weighted by atomic mass is 10.1. The van der Waals surface area contributed by atoms with Gasteiger partial charge in [0.15, 0.2) is 11.5 Å². The van der Waals surface area contributed by atoms with E-state index in [0.717, 1.165) is 0 Å². The van der Waals surface area contributed by atoms with E-state index >= 15 is 0 Å². The van der Waals surface area contributed by atoms with Crippen molar-refractivity contribution in [2.75, 3.05) is 19.5 Å². The van der Waals surface area contributed by atoms with Crippen LogP contribution in [0.5, 0.6) is 11.5 Å². The second-order valence-electron chi connectivity index (χ2n) is 5.06. The van der Waals surface area contributed by atoms with E-state index in [4.69, 9.17) is 9.47 Å². The van der Waals surface area contributed by atoms with Crippen molar-refractivity contribution in [3.8, 4) is 17.6 Å². The van der Waals surface area contributed by atoms with Gasteiger partial charge in [-0.05, 0) is 24.3 Å². The molecule has 0 unspecified atom stereocenters. The first-order valence-corrected chi connectivity index (χ1v) is 7.48. The number of aromatic carboxylic acids is 1. The predicted molar refractivity (Wildman–Crippen MR) is 95.2 cm³/mol. The van der Waals surface area contributed by atoms with Crippen LogP contribution in [0, 0.1) is 11.3 Å². The van der Waals surface area contributed by atoms with Gasteiger partial charge in [-0.3, -0.25) is 4.79 Å². The van der Waals surface area contributed by atoms with Crippen LogP contribution >= 0.6 is 0 Å². The fourth-order valence-corrected chi connectivity index (χ4v) is 2.30. The molecule has 0 saturated heterocycles. The van der Waals surface area contributed by atoms with E-state index in [-0.39, 0.29) is 16.8 Å². The van der Waals surface area contributed by atoms with Gasteiger partial charge in [0.05, 0.1) is 25.5 Å². The van der Waals surface area contributed by atoms with Crippen molar-refractivity contribution in [2.24, 2.45) is 0 Å². The Morgan fingerprint density at radius 1 is 1.12 bits per heavy atom. The van der Waals surface area contributed by atoms with Crippen LogP contribution in [0.25, 0.3) is 6.08 Å². The fraction of sp³-hybridized carbons (Fsp3) is 0.105. The van der Waals surface area contributed by atoms with Gasteiger partial charge in [0, 0.05) is 5.56 Å². The maximum absolute atomic E-state index is 12.4. The number of hydrogen-bond acceptors (Lipinski definition) is 5. The molecule has 0 radical (unpaired) electrons. The summed E-state index contributed by atoms with van der Waals surface area (Å²) in [6.07, 6.45) is 1.35. The van der Waals surface area contributed by atoms with E-state index in [1.54, 1.807) is 30.3 Å². The van der Waals surface area contributed by atoms with Crippen molar-refractivity contribution in [3.05, 3.63) is 59.2 Å². The van der Waals surface area contributed by atoms with Gasteiger partial charge in [0.2, 0.25) is 0 Å². The fourth-order valence-electron chi connectivity index (χ4n) is 2.30. The van der Waals surface area contributed by atoms with Crippen molar-refractivity contribution < 1.29 is 24.2 Å². The van der Waals surface area contributed by atoms with Crippen molar-refractivity contribution in [1.82, 2.24) is 0 Å². The third-order valence-corrected chi connectivity index (χ3v) is 3.50. The molecule has 0 saturated carbocycles. The molecule has 132 valence electrons. The highest BCUT2D eigenvalue weighted by Gasteiger charge is 2.16. The molecule has 0 spiro atoms. The molecule has 0 aliphatic heterocycles. The minimum Gasteiger partial charge on any atom is -0.493 e. The monoisotopic (exact) mass is 352 g/mol. The number of ether oxygens (including phenoxy) is 2. The third kappa shape index (κ3) is 3.99. The molecule has 1 amide bonds. The Hall–Kier alpha value is -3.79. The molecule has 2 aromatic carbocycles. The average Bonchev–Trinajstić information content (AvgIpc) is 2.65. The topological polar surface area (TPSA) is 109 Å². The van der Waals surface area contributed by atoms with Gasteiger partial charge in [-0.15, -0.1) is 0 Å². The molecule has 0 heterocycles. The highest BCUT2D eigenvalue weighted by Crippen LogP contribution is 2.32. The standard InChI is InChI=1S/C19H16N2O5/c1-25-16-9-5-6-12(17(16)26-2)10-13(11-20)18(22)21-15-8-4-3-7-14(15)19(23)24/h3-10H,1-2H3,(H,21,22)(H,23,24)/b13-10+. The number of carboxylic acid groups (broad SMARTS) is 1. The number of methoxy groups -OCH3 is 2. The van der Waals surface area contributed by atoms with Crippen LogP contribution in [0.4, 0.5) is 5.69 Å². The highest BCUT2D eigenvalue weighted by atomic mass is 16.5. The molecule has 0 fully saturated rings. The van der Waals surface area contributed by atoms with Crippen LogP contribution in [-0.2, 0) is 4.79 Å². The zero-order valence-corrected chi connectivity index (χ0v) is 14.1. The van der Waals surface area contributed by atoms with Crippen LogP contribution in [-0.4, -0.2) is 31.2 Å². The van der Waals surface area contributed by atoms with E-state index in [2.05, 4.69) is 5.32 Å². The Morgan fingerprint density at radius 3 is 2.46 bits per heavy atom. The summed E-state index contributed by atoms with van der Waals surface area (Å²) in [7, 11) is 2.93. The molecule has 2 aromatic rings. The van der Waals surface area contributed by atoms with Crippen molar-refractivity contribution in [1.29, 1.82) is 5.26 Å². The first-order valence-electron chi connectivity index (χ1n) is 7.48. The maximum atomic E-state index is 12.4. The lowest BCUT2D eigenvalue weighted by molar-refractivity contribution is -0.112. The number of nitrogens with one attached hydrogen (secondary N) is 1. The molecule has 0 bridgehead atoms. The Labute approximate surface area is 150 Å². The minimum atomic E-state index is -1.18. The van der Waals surface area contributed by atoms with E-state index in [1.807, 2.05) is 6.07 Å². The van der Waals surface area contributed by atoms with Crippen molar-refractivity contribution in [3.63, 3.8) is 0 Å². The lowest BCUT2D eigenvalue weighted by Crippen LogP contribution is -2.16. The molecule has 0 aliphatic rings. The normalized spacial score (nSPS) is 10.6. The quantitative estimate of drug-likeness (QED) is 0.611. The number of para-hydroxylation sites is 2. The van der Waals surface area contributed by atoms with Crippen LogP contribution in [0.2, 0.25) is 0 Å². The summed E-state index contributed by atoms with van der Waals surface area (Å²) in [5.74, 6) is -1.08. The summed E-state index contributed by atoms with van der Waals surface area (Å²) in [4.78, 5) is 23.6. The molecular formula is C19H16N2O5. The molecule has 0 atom stereocenters. The number of benzene rings is 2. The van der Waals surface area contributed by atoms with Crippen LogP contribution in [0.15, 0.2) is 48.0 Å². The zero-order valence-electron chi connectivity index (χ0n) is 14.1. The number of amides is 1. The van der Waals surface area contributed by atoms with E-state index in [1.165, 1.54) is 32.4 Å². The number of nitrogens with zero attached hydrogens (tertiary/aromatic N) is 1. The molecule has 0 aromatic heterocycles. The summed E-state index contributed by atoms with van der Waals surface area (Å²) in [6, 6.07) is 12.8. The van der Waals surface area contributed by atoms with E-state index in [9.17, 15) is 20.0 Å². The lowest BCUT2D eigenvalue weighted by Gasteiger charge is -2.11. The molecule has 2 N–H and O–H groups in total. The van der Waals surface area contributed by atoms with E-state index < -0.39 is 11.9 Å². The van der Waals surface area contributed by atoms with Gasteiger partial charge in [-0.25, -0.2) is 4.79 Å². The zero-order chi connectivity index (χ0) is 19.1. The second-order valence-corrected chi connectivity index (χ2v) is 5.06. The highest BCUT2D eigenvalue weighted by molar-refractivity contribution is 6.12. The Kier molecular flexibility index (Phi) is 5.96. The Balaban J connectivity index is 2.38. The number of carbonyl (C=O) groups is 2. The average molecular weight is 352 g/mol. The second kappa shape index (κ2) is 8.35. The minimum absolute atomic E-state index is 0.0721. The SMILES string of the molecule is COc1cccc(/C=C(\C#N)C(=O)Nc2ccccc2C(=O)O)c1OC. The Morgan fingerprint density at radius 2 is 1.85 bits per heavy atom. The number of anilines is 1. The number of carboxylic acids is 1.